The summed E-state index contributed by atoms with van der Waals surface area (Å²) in [6.07, 6.45) is 4.04. The van der Waals surface area contributed by atoms with E-state index in [1.54, 1.807) is 19.2 Å². The average Bonchev–Trinajstić information content (AvgIpc) is 3.14. The quantitative estimate of drug-likeness (QED) is 0.790. The van der Waals surface area contributed by atoms with Crippen LogP contribution in [0, 0.1) is 0 Å². The SMILES string of the molecule is Cn1c(=O)c(C2=NO[C@H](/C=C/c3ccccc3)C2)c(O)c2ccccc21. The Balaban J connectivity index is 1.65. The van der Waals surface area contributed by atoms with E-state index in [4.69, 9.17) is 4.84 Å². The number of rotatable bonds is 3. The van der Waals surface area contributed by atoms with Crippen molar-refractivity contribution in [2.45, 2.75) is 12.5 Å². The summed E-state index contributed by atoms with van der Waals surface area (Å²) in [6, 6.07) is 17.1. The van der Waals surface area contributed by atoms with E-state index in [-0.39, 0.29) is 23.0 Å². The number of para-hydroxylation sites is 1. The first kappa shape index (κ1) is 16.1. The summed E-state index contributed by atoms with van der Waals surface area (Å²) in [4.78, 5) is 18.2. The van der Waals surface area contributed by atoms with Crippen molar-refractivity contribution in [1.82, 2.24) is 4.57 Å². The van der Waals surface area contributed by atoms with Crippen LogP contribution in [0.4, 0.5) is 0 Å². The second-order valence-corrected chi connectivity index (χ2v) is 6.26. The molecule has 0 aliphatic carbocycles. The average molecular weight is 346 g/mol. The lowest BCUT2D eigenvalue weighted by molar-refractivity contribution is 0.120. The second-order valence-electron chi connectivity index (χ2n) is 6.26. The van der Waals surface area contributed by atoms with Gasteiger partial charge in [-0.25, -0.2) is 0 Å². The van der Waals surface area contributed by atoms with Gasteiger partial charge in [0.1, 0.15) is 17.0 Å². The van der Waals surface area contributed by atoms with Crippen molar-refractivity contribution in [3.63, 3.8) is 0 Å². The zero-order valence-electron chi connectivity index (χ0n) is 14.3. The van der Waals surface area contributed by atoms with E-state index in [9.17, 15) is 9.90 Å². The fourth-order valence-electron chi connectivity index (χ4n) is 3.17. The first-order valence-electron chi connectivity index (χ1n) is 8.42. The highest BCUT2D eigenvalue weighted by Gasteiger charge is 2.26. The van der Waals surface area contributed by atoms with Gasteiger partial charge in [0.05, 0.1) is 5.52 Å². The highest BCUT2D eigenvalue weighted by molar-refractivity contribution is 6.07. The summed E-state index contributed by atoms with van der Waals surface area (Å²) in [5, 5.41) is 15.3. The lowest BCUT2D eigenvalue weighted by atomic mass is 10.0. The third-order valence-electron chi connectivity index (χ3n) is 4.56. The van der Waals surface area contributed by atoms with Crippen molar-refractivity contribution in [3.8, 4) is 5.75 Å². The molecule has 0 unspecified atom stereocenters. The molecule has 1 aliphatic rings. The normalized spacial score (nSPS) is 16.8. The monoisotopic (exact) mass is 346 g/mol. The molecule has 5 heteroatoms. The van der Waals surface area contributed by atoms with Gasteiger partial charge in [-0.15, -0.1) is 0 Å². The minimum atomic E-state index is -0.281. The standard InChI is InChI=1S/C21H18N2O3/c1-23-18-10-6-5-9-16(18)20(24)19(21(23)25)17-13-15(26-22-17)12-11-14-7-3-2-4-8-14/h2-12,15,24H,13H2,1H3/b12-11+/t15-/m1/s1. The number of fused-ring (bicyclic) bond motifs is 1. The number of aromatic hydroxyl groups is 1. The van der Waals surface area contributed by atoms with Crippen LogP contribution in [0.5, 0.6) is 5.75 Å². The molecular formula is C21H18N2O3. The molecule has 1 N–H and O–H groups in total. The summed E-state index contributed by atoms with van der Waals surface area (Å²) in [6.45, 7) is 0. The Morgan fingerprint density at radius 3 is 2.69 bits per heavy atom. The Bertz CT molecular complexity index is 1080. The van der Waals surface area contributed by atoms with Crippen LogP contribution in [-0.4, -0.2) is 21.5 Å². The zero-order valence-corrected chi connectivity index (χ0v) is 14.3. The summed E-state index contributed by atoms with van der Waals surface area (Å²) in [7, 11) is 1.69. The molecule has 2 aromatic carbocycles. The van der Waals surface area contributed by atoms with Crippen molar-refractivity contribution >= 4 is 22.7 Å². The molecule has 2 heterocycles. The van der Waals surface area contributed by atoms with Gasteiger partial charge in [0.25, 0.3) is 5.56 Å². The first-order valence-corrected chi connectivity index (χ1v) is 8.42. The molecular weight excluding hydrogens is 328 g/mol. The van der Waals surface area contributed by atoms with Crippen LogP contribution in [0.15, 0.2) is 70.6 Å². The van der Waals surface area contributed by atoms with E-state index in [2.05, 4.69) is 5.16 Å². The molecule has 1 atom stereocenters. The number of pyridine rings is 1. The Morgan fingerprint density at radius 1 is 1.15 bits per heavy atom. The smallest absolute Gasteiger partial charge is 0.263 e. The van der Waals surface area contributed by atoms with Gasteiger partial charge in [-0.05, 0) is 23.8 Å². The molecule has 0 spiro atoms. The van der Waals surface area contributed by atoms with Crippen LogP contribution in [0.3, 0.4) is 0 Å². The summed E-state index contributed by atoms with van der Waals surface area (Å²) < 4.78 is 1.53. The van der Waals surface area contributed by atoms with E-state index in [0.717, 1.165) is 5.56 Å². The Morgan fingerprint density at radius 2 is 1.88 bits per heavy atom. The highest BCUT2D eigenvalue weighted by atomic mass is 16.6. The van der Waals surface area contributed by atoms with Crippen LogP contribution in [0.2, 0.25) is 0 Å². The summed E-state index contributed by atoms with van der Waals surface area (Å²) in [5.41, 5.74) is 2.14. The summed E-state index contributed by atoms with van der Waals surface area (Å²) >= 11 is 0. The molecule has 5 nitrogen and oxygen atoms in total. The van der Waals surface area contributed by atoms with Crippen LogP contribution < -0.4 is 5.56 Å². The molecule has 0 radical (unpaired) electrons. The minimum Gasteiger partial charge on any atom is -0.506 e. The van der Waals surface area contributed by atoms with E-state index >= 15 is 0 Å². The molecule has 3 aromatic rings. The van der Waals surface area contributed by atoms with Gasteiger partial charge >= 0.3 is 0 Å². The number of aryl methyl sites for hydroxylation is 1. The molecule has 4 rings (SSSR count). The Kier molecular flexibility index (Phi) is 4.05. The molecule has 130 valence electrons. The van der Waals surface area contributed by atoms with Gasteiger partial charge in [0.15, 0.2) is 6.10 Å². The maximum absolute atomic E-state index is 12.7. The van der Waals surface area contributed by atoms with Crippen molar-refractivity contribution in [2.24, 2.45) is 12.2 Å². The molecule has 0 amide bonds. The molecule has 1 aromatic heterocycles. The van der Waals surface area contributed by atoms with E-state index in [0.29, 0.717) is 23.0 Å². The van der Waals surface area contributed by atoms with Crippen LogP contribution in [0.25, 0.3) is 17.0 Å². The van der Waals surface area contributed by atoms with Gasteiger partial charge in [-0.2, -0.15) is 0 Å². The Labute approximate surface area is 150 Å². The van der Waals surface area contributed by atoms with E-state index < -0.39 is 0 Å². The van der Waals surface area contributed by atoms with Crippen molar-refractivity contribution < 1.29 is 9.94 Å². The lowest BCUT2D eigenvalue weighted by Crippen LogP contribution is -2.25. The summed E-state index contributed by atoms with van der Waals surface area (Å²) in [5.74, 6) is -0.0428. The van der Waals surface area contributed by atoms with Crippen molar-refractivity contribution in [2.75, 3.05) is 0 Å². The molecule has 0 saturated carbocycles. The lowest BCUT2D eigenvalue weighted by Gasteiger charge is -2.11. The number of hydrogen-bond acceptors (Lipinski definition) is 4. The molecule has 0 fully saturated rings. The van der Waals surface area contributed by atoms with Crippen LogP contribution in [-0.2, 0) is 11.9 Å². The third-order valence-corrected chi connectivity index (χ3v) is 4.56. The third kappa shape index (κ3) is 2.77. The fourth-order valence-corrected chi connectivity index (χ4v) is 3.17. The molecule has 1 aliphatic heterocycles. The minimum absolute atomic E-state index is 0.0428. The van der Waals surface area contributed by atoms with Crippen LogP contribution in [0.1, 0.15) is 17.5 Å². The highest BCUT2D eigenvalue weighted by Crippen LogP contribution is 2.29. The molecule has 0 saturated heterocycles. The number of benzene rings is 2. The Hall–Kier alpha value is -3.34. The van der Waals surface area contributed by atoms with Gasteiger partial charge in [0.2, 0.25) is 0 Å². The zero-order chi connectivity index (χ0) is 18.1. The predicted molar refractivity (Wildman–Crippen MR) is 102 cm³/mol. The number of hydrogen-bond donors (Lipinski definition) is 1. The van der Waals surface area contributed by atoms with Gasteiger partial charge in [0, 0.05) is 18.9 Å². The van der Waals surface area contributed by atoms with E-state index in [1.165, 1.54) is 4.57 Å². The largest absolute Gasteiger partial charge is 0.506 e. The first-order chi connectivity index (χ1) is 12.6. The van der Waals surface area contributed by atoms with Crippen molar-refractivity contribution in [3.05, 3.63) is 82.2 Å². The fraction of sp³-hybridized carbons (Fsp3) is 0.143. The van der Waals surface area contributed by atoms with Gasteiger partial charge in [-0.1, -0.05) is 53.7 Å². The number of oxime groups is 1. The van der Waals surface area contributed by atoms with Crippen molar-refractivity contribution in [1.29, 1.82) is 0 Å². The number of aromatic nitrogens is 1. The predicted octanol–water partition coefficient (Wildman–Crippen LogP) is 3.45. The molecule has 0 bridgehead atoms. The van der Waals surface area contributed by atoms with Gasteiger partial charge < -0.3 is 14.5 Å². The maximum Gasteiger partial charge on any atom is 0.263 e. The maximum atomic E-state index is 12.7. The van der Waals surface area contributed by atoms with Gasteiger partial charge in [-0.3, -0.25) is 4.79 Å². The topological polar surface area (TPSA) is 63.8 Å². The molecule has 26 heavy (non-hydrogen) atoms. The second kappa shape index (κ2) is 6.52. The van der Waals surface area contributed by atoms with E-state index in [1.807, 2.05) is 54.6 Å². The van der Waals surface area contributed by atoms with Crippen LogP contribution >= 0.6 is 0 Å². The number of nitrogens with zero attached hydrogens (tertiary/aromatic N) is 2.